The van der Waals surface area contributed by atoms with Crippen LogP contribution in [-0.2, 0) is 6.61 Å². The van der Waals surface area contributed by atoms with Gasteiger partial charge in [-0.15, -0.1) is 0 Å². The van der Waals surface area contributed by atoms with Gasteiger partial charge in [0.2, 0.25) is 0 Å². The van der Waals surface area contributed by atoms with Crippen molar-refractivity contribution in [3.63, 3.8) is 0 Å². The fourth-order valence-corrected chi connectivity index (χ4v) is 2.37. The molecule has 0 heterocycles. The van der Waals surface area contributed by atoms with Crippen molar-refractivity contribution in [1.82, 2.24) is 4.84 Å². The van der Waals surface area contributed by atoms with Crippen LogP contribution in [0.3, 0.4) is 0 Å². The van der Waals surface area contributed by atoms with E-state index in [0.29, 0.717) is 12.2 Å². The lowest BCUT2D eigenvalue weighted by molar-refractivity contribution is 0.0979. The van der Waals surface area contributed by atoms with E-state index < -0.39 is 0 Å². The molecule has 2 rings (SSSR count). The van der Waals surface area contributed by atoms with Crippen molar-refractivity contribution in [2.24, 2.45) is 0 Å². The van der Waals surface area contributed by atoms with E-state index in [1.165, 1.54) is 5.56 Å². The quantitative estimate of drug-likeness (QED) is 0.865. The minimum Gasteiger partial charge on any atom is -0.489 e. The average molecular weight is 304 g/mol. The third-order valence-electron chi connectivity index (χ3n) is 3.44. The third-order valence-corrected chi connectivity index (χ3v) is 3.61. The minimum atomic E-state index is -0.320. The molecule has 0 radical (unpaired) electrons. The molecule has 21 heavy (non-hydrogen) atoms. The smallest absolute Gasteiger partial charge is 0.266 e. The van der Waals surface area contributed by atoms with Crippen molar-refractivity contribution in [2.45, 2.75) is 27.4 Å². The fourth-order valence-electron chi connectivity index (χ4n) is 2.27. The molecular formula is C17H18ClNO2. The van der Waals surface area contributed by atoms with Crippen molar-refractivity contribution in [2.75, 3.05) is 0 Å². The van der Waals surface area contributed by atoms with E-state index in [9.17, 15) is 4.79 Å². The maximum atomic E-state index is 11.8. The van der Waals surface area contributed by atoms with Gasteiger partial charge in [0.1, 0.15) is 12.4 Å². The molecule has 0 aliphatic rings. The van der Waals surface area contributed by atoms with Gasteiger partial charge in [0.25, 0.3) is 5.91 Å². The van der Waals surface area contributed by atoms with Crippen LogP contribution in [0.25, 0.3) is 0 Å². The molecule has 110 valence electrons. The van der Waals surface area contributed by atoms with Crippen molar-refractivity contribution < 1.29 is 9.53 Å². The highest BCUT2D eigenvalue weighted by atomic mass is 35.5. The first-order chi connectivity index (χ1) is 10.0. The summed E-state index contributed by atoms with van der Waals surface area (Å²) in [7, 11) is 0. The molecule has 0 unspecified atom stereocenters. The first kappa shape index (κ1) is 15.4. The highest BCUT2D eigenvalue weighted by Gasteiger charge is 2.13. The zero-order valence-electron chi connectivity index (χ0n) is 12.4. The molecule has 0 fully saturated rings. The van der Waals surface area contributed by atoms with Crippen LogP contribution in [0.5, 0.6) is 5.75 Å². The lowest BCUT2D eigenvalue weighted by atomic mass is 10.0. The fraction of sp³-hybridized carbons (Fsp3) is 0.235. The second-order valence-corrected chi connectivity index (χ2v) is 5.27. The second-order valence-electron chi connectivity index (χ2n) is 5.08. The van der Waals surface area contributed by atoms with Gasteiger partial charge in [0.05, 0.1) is 0 Å². The second kappa shape index (κ2) is 6.64. The highest BCUT2D eigenvalue weighted by molar-refractivity contribution is 6.24. The van der Waals surface area contributed by atoms with E-state index in [2.05, 4.69) is 10.9 Å². The average Bonchev–Trinajstić information content (AvgIpc) is 2.46. The molecule has 0 aliphatic heterocycles. The number of carbonyl (C=O) groups is 1. The number of rotatable bonds is 4. The summed E-state index contributed by atoms with van der Waals surface area (Å²) >= 11 is 5.43. The Bertz CT molecular complexity index is 668. The van der Waals surface area contributed by atoms with E-state index in [1.807, 2.05) is 45.0 Å². The number of amides is 1. The first-order valence-electron chi connectivity index (χ1n) is 6.72. The van der Waals surface area contributed by atoms with Gasteiger partial charge in [0.15, 0.2) is 0 Å². The lowest BCUT2D eigenvalue weighted by Gasteiger charge is -2.14. The summed E-state index contributed by atoms with van der Waals surface area (Å²) in [4.78, 5) is 14.0. The van der Waals surface area contributed by atoms with Gasteiger partial charge in [-0.3, -0.25) is 9.63 Å². The lowest BCUT2D eigenvalue weighted by Crippen LogP contribution is -2.16. The number of hydrogen-bond donors (Lipinski definition) is 1. The molecule has 0 aliphatic carbocycles. The Balaban J connectivity index is 2.25. The number of ether oxygens (including phenoxy) is 1. The molecule has 0 saturated heterocycles. The Hall–Kier alpha value is -2.00. The van der Waals surface area contributed by atoms with Crippen LogP contribution in [0.4, 0.5) is 0 Å². The van der Waals surface area contributed by atoms with Crippen LogP contribution < -0.4 is 9.57 Å². The number of halogens is 1. The molecule has 0 atom stereocenters. The standard InChI is InChI=1S/C17H18ClNO2/c1-11-7-8-16(13(3)9-11)21-10-15-12(2)5-4-6-14(15)17(20)19-18/h4-9H,10H2,1-3H3,(H,19,20). The molecule has 1 amide bonds. The van der Waals surface area contributed by atoms with E-state index >= 15 is 0 Å². The Kier molecular flexibility index (Phi) is 4.86. The maximum Gasteiger partial charge on any atom is 0.266 e. The van der Waals surface area contributed by atoms with E-state index in [4.69, 9.17) is 16.5 Å². The Morgan fingerprint density at radius 2 is 1.90 bits per heavy atom. The topological polar surface area (TPSA) is 38.3 Å². The molecule has 0 saturated carbocycles. The van der Waals surface area contributed by atoms with Crippen molar-refractivity contribution in [3.05, 3.63) is 64.2 Å². The molecule has 2 aromatic carbocycles. The molecule has 1 N–H and O–H groups in total. The normalized spacial score (nSPS) is 10.3. The van der Waals surface area contributed by atoms with Gasteiger partial charge in [-0.05, 0) is 44.0 Å². The highest BCUT2D eigenvalue weighted by Crippen LogP contribution is 2.22. The number of benzene rings is 2. The van der Waals surface area contributed by atoms with Crippen LogP contribution in [0.15, 0.2) is 36.4 Å². The van der Waals surface area contributed by atoms with Crippen LogP contribution in [0.2, 0.25) is 0 Å². The molecule has 0 bridgehead atoms. The van der Waals surface area contributed by atoms with Crippen LogP contribution in [0.1, 0.15) is 32.6 Å². The first-order valence-corrected chi connectivity index (χ1v) is 7.10. The molecule has 3 nitrogen and oxygen atoms in total. The Labute approximate surface area is 130 Å². The summed E-state index contributed by atoms with van der Waals surface area (Å²) < 4.78 is 5.87. The van der Waals surface area contributed by atoms with Gasteiger partial charge in [-0.2, -0.15) is 0 Å². The van der Waals surface area contributed by atoms with E-state index in [-0.39, 0.29) is 5.91 Å². The Morgan fingerprint density at radius 3 is 2.57 bits per heavy atom. The number of hydrogen-bond acceptors (Lipinski definition) is 2. The zero-order chi connectivity index (χ0) is 15.4. The van der Waals surface area contributed by atoms with Crippen molar-refractivity contribution in [3.8, 4) is 5.75 Å². The number of nitrogens with one attached hydrogen (secondary N) is 1. The third kappa shape index (κ3) is 3.56. The van der Waals surface area contributed by atoms with Gasteiger partial charge < -0.3 is 4.74 Å². The largest absolute Gasteiger partial charge is 0.489 e. The van der Waals surface area contributed by atoms with Crippen LogP contribution in [0, 0.1) is 20.8 Å². The van der Waals surface area contributed by atoms with E-state index in [0.717, 1.165) is 22.4 Å². The summed E-state index contributed by atoms with van der Waals surface area (Å²) in [6.45, 7) is 6.33. The predicted molar refractivity (Wildman–Crippen MR) is 84.7 cm³/mol. The number of carbonyl (C=O) groups excluding carboxylic acids is 1. The van der Waals surface area contributed by atoms with Crippen molar-refractivity contribution >= 4 is 17.7 Å². The summed E-state index contributed by atoms with van der Waals surface area (Å²) in [5.41, 5.74) is 4.65. The van der Waals surface area contributed by atoms with E-state index in [1.54, 1.807) is 6.07 Å². The van der Waals surface area contributed by atoms with Gasteiger partial charge in [-0.1, -0.05) is 29.8 Å². The molecule has 0 aromatic heterocycles. The van der Waals surface area contributed by atoms with Crippen molar-refractivity contribution in [1.29, 1.82) is 0 Å². The molecule has 0 spiro atoms. The monoisotopic (exact) mass is 303 g/mol. The summed E-state index contributed by atoms with van der Waals surface area (Å²) in [5.74, 6) is 0.501. The SMILES string of the molecule is Cc1ccc(OCc2c(C)cccc2C(=O)NCl)c(C)c1. The van der Waals surface area contributed by atoms with Crippen LogP contribution >= 0.6 is 11.8 Å². The van der Waals surface area contributed by atoms with Crippen LogP contribution in [-0.4, -0.2) is 5.91 Å². The summed E-state index contributed by atoms with van der Waals surface area (Å²) in [5, 5.41) is 0. The predicted octanol–water partition coefficient (Wildman–Crippen LogP) is 4.07. The number of aryl methyl sites for hydroxylation is 3. The maximum absolute atomic E-state index is 11.8. The minimum absolute atomic E-state index is 0.320. The molecular weight excluding hydrogens is 286 g/mol. The molecule has 4 heteroatoms. The zero-order valence-corrected chi connectivity index (χ0v) is 13.1. The van der Waals surface area contributed by atoms with Gasteiger partial charge in [-0.25, -0.2) is 0 Å². The molecule has 2 aromatic rings. The van der Waals surface area contributed by atoms with Gasteiger partial charge in [0, 0.05) is 22.9 Å². The summed E-state index contributed by atoms with van der Waals surface area (Å²) in [6.07, 6.45) is 0. The Morgan fingerprint density at radius 1 is 1.14 bits per heavy atom. The summed E-state index contributed by atoms with van der Waals surface area (Å²) in [6, 6.07) is 11.5. The van der Waals surface area contributed by atoms with Gasteiger partial charge >= 0.3 is 0 Å².